The van der Waals surface area contributed by atoms with Crippen molar-refractivity contribution in [3.8, 4) is 0 Å². The number of aliphatic hydroxyl groups excluding tert-OH is 1. The van der Waals surface area contributed by atoms with E-state index in [0.29, 0.717) is 5.39 Å². The molecule has 17 heavy (non-hydrogen) atoms. The lowest BCUT2D eigenvalue weighted by Gasteiger charge is -2.20. The molecule has 0 aromatic carbocycles. The molecule has 3 rings (SSSR count). The molecule has 1 aliphatic rings. The van der Waals surface area contributed by atoms with Crippen molar-refractivity contribution in [2.75, 3.05) is 0 Å². The highest BCUT2D eigenvalue weighted by Gasteiger charge is 2.27. The number of hydrogen-bond donors (Lipinski definition) is 1. The molecule has 1 aliphatic carbocycles. The lowest BCUT2D eigenvalue weighted by atomic mass is 10.1. The second-order valence-electron chi connectivity index (χ2n) is 4.55. The first-order valence-electron chi connectivity index (χ1n) is 5.90. The zero-order chi connectivity index (χ0) is 11.8. The molecule has 2 aromatic heterocycles. The average molecular weight is 230 g/mol. The van der Waals surface area contributed by atoms with E-state index in [4.69, 9.17) is 0 Å². The first kappa shape index (κ1) is 10.5. The number of rotatable bonds is 1. The molecule has 0 spiro atoms. The van der Waals surface area contributed by atoms with Crippen LogP contribution in [0, 0.1) is 0 Å². The minimum absolute atomic E-state index is 0.0168. The van der Waals surface area contributed by atoms with Gasteiger partial charge in [0.05, 0.1) is 23.0 Å². The van der Waals surface area contributed by atoms with Gasteiger partial charge in [-0.05, 0) is 25.3 Å². The summed E-state index contributed by atoms with van der Waals surface area (Å²) in [5.41, 5.74) is 0.843. The molecule has 2 atom stereocenters. The fourth-order valence-electron chi connectivity index (χ4n) is 2.65. The first-order valence-corrected chi connectivity index (χ1v) is 5.90. The van der Waals surface area contributed by atoms with Crippen LogP contribution in [0.5, 0.6) is 0 Å². The minimum atomic E-state index is -0.311. The van der Waals surface area contributed by atoms with Crippen LogP contribution in [0.3, 0.4) is 0 Å². The molecular weight excluding hydrogens is 216 g/mol. The van der Waals surface area contributed by atoms with Crippen molar-refractivity contribution in [2.24, 2.45) is 0 Å². The highest BCUT2D eigenvalue weighted by molar-refractivity contribution is 5.77. The van der Waals surface area contributed by atoms with Gasteiger partial charge < -0.3 is 9.67 Å². The maximum atomic E-state index is 11.7. The number of pyridine rings is 2. The van der Waals surface area contributed by atoms with Gasteiger partial charge in [-0.2, -0.15) is 0 Å². The molecule has 0 saturated heterocycles. The molecule has 0 unspecified atom stereocenters. The molecule has 0 aliphatic heterocycles. The predicted molar refractivity (Wildman–Crippen MR) is 64.9 cm³/mol. The Balaban J connectivity index is 2.23. The van der Waals surface area contributed by atoms with Gasteiger partial charge in [0.15, 0.2) is 5.43 Å². The summed E-state index contributed by atoms with van der Waals surface area (Å²) in [4.78, 5) is 15.7. The predicted octanol–water partition coefficient (Wildman–Crippen LogP) is 1.48. The Morgan fingerprint density at radius 2 is 2.24 bits per heavy atom. The number of fused-ring (bicyclic) bond motifs is 1. The van der Waals surface area contributed by atoms with Gasteiger partial charge in [0.1, 0.15) is 0 Å². The first-order chi connectivity index (χ1) is 8.27. The summed E-state index contributed by atoms with van der Waals surface area (Å²) in [7, 11) is 0. The van der Waals surface area contributed by atoms with Gasteiger partial charge in [-0.15, -0.1) is 0 Å². The fourth-order valence-corrected chi connectivity index (χ4v) is 2.65. The van der Waals surface area contributed by atoms with E-state index in [1.165, 1.54) is 0 Å². The van der Waals surface area contributed by atoms with Crippen LogP contribution >= 0.6 is 0 Å². The molecule has 1 saturated carbocycles. The third kappa shape index (κ3) is 1.65. The number of hydrogen-bond acceptors (Lipinski definition) is 3. The summed E-state index contributed by atoms with van der Waals surface area (Å²) in [5.74, 6) is 0. The summed E-state index contributed by atoms with van der Waals surface area (Å²) in [6.07, 6.45) is 7.57. The Bertz CT molecular complexity index is 606. The molecule has 2 heterocycles. The van der Waals surface area contributed by atoms with Crippen molar-refractivity contribution in [1.82, 2.24) is 9.55 Å². The molecule has 0 radical (unpaired) electrons. The van der Waals surface area contributed by atoms with Crippen LogP contribution in [0.1, 0.15) is 25.3 Å². The van der Waals surface area contributed by atoms with Crippen molar-refractivity contribution >= 4 is 10.9 Å². The van der Waals surface area contributed by atoms with Crippen LogP contribution in [0.4, 0.5) is 0 Å². The van der Waals surface area contributed by atoms with Gasteiger partial charge in [0, 0.05) is 24.7 Å². The molecule has 1 fully saturated rings. The lowest BCUT2D eigenvalue weighted by molar-refractivity contribution is 0.138. The van der Waals surface area contributed by atoms with Gasteiger partial charge in [-0.25, -0.2) is 0 Å². The lowest BCUT2D eigenvalue weighted by Crippen LogP contribution is -2.20. The Morgan fingerprint density at radius 1 is 1.35 bits per heavy atom. The maximum absolute atomic E-state index is 11.7. The largest absolute Gasteiger partial charge is 0.391 e. The normalized spacial score (nSPS) is 24.3. The van der Waals surface area contributed by atoms with Crippen LogP contribution in [0.15, 0.2) is 35.5 Å². The van der Waals surface area contributed by atoms with Crippen LogP contribution in [0.25, 0.3) is 10.9 Å². The van der Waals surface area contributed by atoms with Gasteiger partial charge in [-0.1, -0.05) is 0 Å². The standard InChI is InChI=1S/C13H14N2O2/c16-12-5-7-15(11-2-1-3-13(11)17)10-4-6-14-8-9(10)12/h4-8,11,13,17H,1-3H2/t11-,13-/m1/s1. The molecule has 4 heteroatoms. The van der Waals surface area contributed by atoms with E-state index >= 15 is 0 Å². The summed E-state index contributed by atoms with van der Waals surface area (Å²) in [5, 5.41) is 10.6. The third-order valence-electron chi connectivity index (χ3n) is 3.53. The van der Waals surface area contributed by atoms with Crippen LogP contribution in [-0.2, 0) is 0 Å². The van der Waals surface area contributed by atoms with Crippen LogP contribution in [0.2, 0.25) is 0 Å². The second kappa shape index (κ2) is 3.96. The van der Waals surface area contributed by atoms with Crippen LogP contribution < -0.4 is 5.43 Å². The van der Waals surface area contributed by atoms with Gasteiger partial charge >= 0.3 is 0 Å². The quantitative estimate of drug-likeness (QED) is 0.807. The fraction of sp³-hybridized carbons (Fsp3) is 0.385. The zero-order valence-electron chi connectivity index (χ0n) is 9.41. The third-order valence-corrected chi connectivity index (χ3v) is 3.53. The zero-order valence-corrected chi connectivity index (χ0v) is 9.41. The topological polar surface area (TPSA) is 55.1 Å². The highest BCUT2D eigenvalue weighted by atomic mass is 16.3. The van der Waals surface area contributed by atoms with E-state index in [0.717, 1.165) is 24.8 Å². The average Bonchev–Trinajstić information content (AvgIpc) is 2.77. The number of aromatic nitrogens is 2. The molecule has 0 bridgehead atoms. The maximum Gasteiger partial charge on any atom is 0.190 e. The van der Waals surface area contributed by atoms with E-state index in [1.807, 2.05) is 10.6 Å². The number of aliphatic hydroxyl groups is 1. The van der Waals surface area contributed by atoms with Gasteiger partial charge in [0.25, 0.3) is 0 Å². The van der Waals surface area contributed by atoms with Crippen molar-refractivity contribution in [3.63, 3.8) is 0 Å². The van der Waals surface area contributed by atoms with E-state index in [1.54, 1.807) is 24.7 Å². The Kier molecular flexibility index (Phi) is 2.44. The van der Waals surface area contributed by atoms with E-state index in [-0.39, 0.29) is 17.6 Å². The van der Waals surface area contributed by atoms with E-state index in [2.05, 4.69) is 4.98 Å². The molecule has 4 nitrogen and oxygen atoms in total. The van der Waals surface area contributed by atoms with Gasteiger partial charge in [-0.3, -0.25) is 9.78 Å². The van der Waals surface area contributed by atoms with Crippen molar-refractivity contribution < 1.29 is 5.11 Å². The monoisotopic (exact) mass is 230 g/mol. The minimum Gasteiger partial charge on any atom is -0.391 e. The molecular formula is C13H14N2O2. The SMILES string of the molecule is O=c1ccn([C@@H]2CCC[C@H]2O)c2ccncc12. The number of nitrogens with zero attached hydrogens (tertiary/aromatic N) is 2. The van der Waals surface area contributed by atoms with Crippen molar-refractivity contribution in [3.05, 3.63) is 40.9 Å². The van der Waals surface area contributed by atoms with Crippen LogP contribution in [-0.4, -0.2) is 20.8 Å². The molecule has 1 N–H and O–H groups in total. The summed E-state index contributed by atoms with van der Waals surface area (Å²) in [6.45, 7) is 0. The molecule has 88 valence electrons. The van der Waals surface area contributed by atoms with E-state index in [9.17, 15) is 9.90 Å². The molecule has 0 amide bonds. The smallest absolute Gasteiger partial charge is 0.190 e. The van der Waals surface area contributed by atoms with Crippen molar-refractivity contribution in [1.29, 1.82) is 0 Å². The Hall–Kier alpha value is -1.68. The summed E-state index contributed by atoms with van der Waals surface area (Å²) < 4.78 is 2.01. The second-order valence-corrected chi connectivity index (χ2v) is 4.55. The summed E-state index contributed by atoms with van der Waals surface area (Å²) >= 11 is 0. The Morgan fingerprint density at radius 3 is 3.00 bits per heavy atom. The Labute approximate surface area is 98.5 Å². The molecule has 2 aromatic rings. The van der Waals surface area contributed by atoms with E-state index < -0.39 is 0 Å². The summed E-state index contributed by atoms with van der Waals surface area (Å²) in [6, 6.07) is 3.47. The van der Waals surface area contributed by atoms with Crippen molar-refractivity contribution in [2.45, 2.75) is 31.4 Å². The highest BCUT2D eigenvalue weighted by Crippen LogP contribution is 2.31. The van der Waals surface area contributed by atoms with Gasteiger partial charge in [0.2, 0.25) is 0 Å².